The molecule has 60 valence electrons. The van der Waals surface area contributed by atoms with Crippen LogP contribution in [0.15, 0.2) is 29.5 Å². The summed E-state index contributed by atoms with van der Waals surface area (Å²) in [5.41, 5.74) is 0.801. The van der Waals surface area contributed by atoms with E-state index in [-0.39, 0.29) is 0 Å². The molecule has 0 amide bonds. The number of hydrogen-bond acceptors (Lipinski definition) is 2. The van der Waals surface area contributed by atoms with Crippen LogP contribution in [-0.2, 0) is 0 Å². The van der Waals surface area contributed by atoms with Crippen molar-refractivity contribution in [3.8, 4) is 0 Å². The Morgan fingerprint density at radius 2 is 2.45 bits per heavy atom. The summed E-state index contributed by atoms with van der Waals surface area (Å²) in [6.45, 7) is 1.84. The molecule has 2 heteroatoms. The summed E-state index contributed by atoms with van der Waals surface area (Å²) in [6.07, 6.45) is 10.3. The Balaban J connectivity index is 2.39. The highest BCUT2D eigenvalue weighted by Gasteiger charge is 2.06. The molecule has 0 radical (unpaired) electrons. The number of allylic oxidation sites excluding steroid dienone is 4. The smallest absolute Gasteiger partial charge is 0.0546 e. The number of oxime groups is 1. The van der Waals surface area contributed by atoms with Crippen molar-refractivity contribution in [3.63, 3.8) is 0 Å². The summed E-state index contributed by atoms with van der Waals surface area (Å²) >= 11 is 0. The van der Waals surface area contributed by atoms with E-state index in [4.69, 9.17) is 5.21 Å². The van der Waals surface area contributed by atoms with Crippen molar-refractivity contribution in [3.05, 3.63) is 24.3 Å². The molecule has 0 heterocycles. The zero-order chi connectivity index (χ0) is 8.10. The number of rotatable bonds is 2. The van der Waals surface area contributed by atoms with Crippen LogP contribution in [-0.4, -0.2) is 10.9 Å². The first-order valence-electron chi connectivity index (χ1n) is 3.84. The van der Waals surface area contributed by atoms with Crippen LogP contribution in [0.2, 0.25) is 0 Å². The van der Waals surface area contributed by atoms with Crippen LogP contribution in [0.25, 0.3) is 0 Å². The lowest BCUT2D eigenvalue weighted by Gasteiger charge is -2.10. The quantitative estimate of drug-likeness (QED) is 0.367. The molecule has 0 fully saturated rings. The van der Waals surface area contributed by atoms with Crippen molar-refractivity contribution < 1.29 is 5.21 Å². The summed E-state index contributed by atoms with van der Waals surface area (Å²) < 4.78 is 0. The van der Waals surface area contributed by atoms with E-state index in [1.54, 1.807) is 0 Å². The van der Waals surface area contributed by atoms with Crippen LogP contribution in [0.4, 0.5) is 0 Å². The molecule has 1 aliphatic rings. The molecule has 1 N–H and O–H groups in total. The standard InChI is InChI=1S/C9H13NO/c1-8(10-11)7-9-5-3-2-4-6-9/h2-5,9,11H,6-7H2,1H3/b10-8+. The summed E-state index contributed by atoms with van der Waals surface area (Å²) in [4.78, 5) is 0. The van der Waals surface area contributed by atoms with E-state index in [0.29, 0.717) is 5.92 Å². The third-order valence-electron chi connectivity index (χ3n) is 1.80. The Morgan fingerprint density at radius 1 is 1.64 bits per heavy atom. The predicted octanol–water partition coefficient (Wildman–Crippen LogP) is 2.36. The highest BCUT2D eigenvalue weighted by Crippen LogP contribution is 2.15. The van der Waals surface area contributed by atoms with Crippen LogP contribution in [0.3, 0.4) is 0 Å². The Morgan fingerprint density at radius 3 is 3.00 bits per heavy atom. The fourth-order valence-electron chi connectivity index (χ4n) is 1.20. The van der Waals surface area contributed by atoms with Gasteiger partial charge in [0.2, 0.25) is 0 Å². The molecule has 1 unspecified atom stereocenters. The monoisotopic (exact) mass is 151 g/mol. The average Bonchev–Trinajstić information content (AvgIpc) is 2.06. The molecule has 0 saturated carbocycles. The lowest BCUT2D eigenvalue weighted by Crippen LogP contribution is -2.03. The summed E-state index contributed by atoms with van der Waals surface area (Å²) in [6, 6.07) is 0. The van der Waals surface area contributed by atoms with Gasteiger partial charge in [0.1, 0.15) is 0 Å². The molecule has 0 bridgehead atoms. The van der Waals surface area contributed by atoms with Crippen molar-refractivity contribution in [2.24, 2.45) is 11.1 Å². The minimum atomic E-state index is 0.524. The minimum Gasteiger partial charge on any atom is -0.411 e. The largest absolute Gasteiger partial charge is 0.411 e. The predicted molar refractivity (Wildman–Crippen MR) is 45.9 cm³/mol. The SMILES string of the molecule is C/C(CC1C=CC=CC1)=N\O. The van der Waals surface area contributed by atoms with Crippen molar-refractivity contribution in [2.75, 3.05) is 0 Å². The Kier molecular flexibility index (Phi) is 2.90. The van der Waals surface area contributed by atoms with Crippen LogP contribution < -0.4 is 0 Å². The molecule has 11 heavy (non-hydrogen) atoms. The Labute approximate surface area is 66.9 Å². The molecule has 1 aliphatic carbocycles. The van der Waals surface area contributed by atoms with Crippen LogP contribution >= 0.6 is 0 Å². The molecule has 1 atom stereocenters. The maximum absolute atomic E-state index is 8.41. The van der Waals surface area contributed by atoms with E-state index in [9.17, 15) is 0 Å². The molecular weight excluding hydrogens is 138 g/mol. The Bertz CT molecular complexity index is 204. The second-order valence-corrected chi connectivity index (χ2v) is 2.85. The van der Waals surface area contributed by atoms with Gasteiger partial charge in [-0.3, -0.25) is 0 Å². The molecule has 0 aromatic rings. The highest BCUT2D eigenvalue weighted by atomic mass is 16.4. The number of hydrogen-bond donors (Lipinski definition) is 1. The molecule has 0 aromatic heterocycles. The highest BCUT2D eigenvalue weighted by molar-refractivity contribution is 5.81. The van der Waals surface area contributed by atoms with Gasteiger partial charge in [0, 0.05) is 0 Å². The lowest BCUT2D eigenvalue weighted by atomic mass is 9.95. The van der Waals surface area contributed by atoms with Gasteiger partial charge < -0.3 is 5.21 Å². The second kappa shape index (κ2) is 3.96. The minimum absolute atomic E-state index is 0.524. The van der Waals surface area contributed by atoms with E-state index in [0.717, 1.165) is 18.6 Å². The van der Waals surface area contributed by atoms with Gasteiger partial charge in [0.25, 0.3) is 0 Å². The van der Waals surface area contributed by atoms with E-state index < -0.39 is 0 Å². The fourth-order valence-corrected chi connectivity index (χ4v) is 1.20. The summed E-state index contributed by atoms with van der Waals surface area (Å²) in [5.74, 6) is 0.524. The molecular formula is C9H13NO. The van der Waals surface area contributed by atoms with Gasteiger partial charge in [-0.2, -0.15) is 0 Å². The molecule has 0 spiro atoms. The van der Waals surface area contributed by atoms with E-state index in [1.165, 1.54) is 0 Å². The van der Waals surface area contributed by atoms with Crippen molar-refractivity contribution in [1.82, 2.24) is 0 Å². The van der Waals surface area contributed by atoms with Gasteiger partial charge in [-0.05, 0) is 25.7 Å². The first-order chi connectivity index (χ1) is 5.33. The van der Waals surface area contributed by atoms with Crippen molar-refractivity contribution in [1.29, 1.82) is 0 Å². The van der Waals surface area contributed by atoms with Gasteiger partial charge in [-0.15, -0.1) is 0 Å². The lowest BCUT2D eigenvalue weighted by molar-refractivity contribution is 0.316. The first kappa shape index (κ1) is 8.05. The van der Waals surface area contributed by atoms with Gasteiger partial charge in [-0.1, -0.05) is 29.5 Å². The normalized spacial score (nSPS) is 24.1. The summed E-state index contributed by atoms with van der Waals surface area (Å²) in [7, 11) is 0. The van der Waals surface area contributed by atoms with Crippen LogP contribution in [0.1, 0.15) is 19.8 Å². The number of nitrogens with zero attached hydrogens (tertiary/aromatic N) is 1. The topological polar surface area (TPSA) is 32.6 Å². The van der Waals surface area contributed by atoms with Crippen molar-refractivity contribution >= 4 is 5.71 Å². The van der Waals surface area contributed by atoms with E-state index in [1.807, 2.05) is 19.1 Å². The first-order valence-corrected chi connectivity index (χ1v) is 3.84. The average molecular weight is 151 g/mol. The maximum atomic E-state index is 8.41. The molecule has 0 aliphatic heterocycles. The molecule has 2 nitrogen and oxygen atoms in total. The third kappa shape index (κ3) is 2.58. The molecule has 0 saturated heterocycles. The Hall–Kier alpha value is -1.05. The zero-order valence-corrected chi connectivity index (χ0v) is 6.70. The van der Waals surface area contributed by atoms with E-state index >= 15 is 0 Å². The van der Waals surface area contributed by atoms with Crippen LogP contribution in [0, 0.1) is 5.92 Å². The fraction of sp³-hybridized carbons (Fsp3) is 0.444. The van der Waals surface area contributed by atoms with Gasteiger partial charge in [-0.25, -0.2) is 0 Å². The van der Waals surface area contributed by atoms with Gasteiger partial charge in [0.15, 0.2) is 0 Å². The van der Waals surface area contributed by atoms with Gasteiger partial charge in [0.05, 0.1) is 5.71 Å². The zero-order valence-electron chi connectivity index (χ0n) is 6.70. The molecule has 1 rings (SSSR count). The second-order valence-electron chi connectivity index (χ2n) is 2.85. The maximum Gasteiger partial charge on any atom is 0.0546 e. The molecule has 0 aromatic carbocycles. The van der Waals surface area contributed by atoms with Crippen LogP contribution in [0.5, 0.6) is 0 Å². The third-order valence-corrected chi connectivity index (χ3v) is 1.80. The van der Waals surface area contributed by atoms with Gasteiger partial charge >= 0.3 is 0 Å². The van der Waals surface area contributed by atoms with Crippen molar-refractivity contribution in [2.45, 2.75) is 19.8 Å². The summed E-state index contributed by atoms with van der Waals surface area (Å²) in [5, 5.41) is 11.6. The van der Waals surface area contributed by atoms with E-state index in [2.05, 4.69) is 17.3 Å².